The molecule has 0 radical (unpaired) electrons. The van der Waals surface area contributed by atoms with E-state index in [2.05, 4.69) is 11.9 Å². The molecule has 1 aromatic carbocycles. The zero-order valence-electron chi connectivity index (χ0n) is 10.3. The van der Waals surface area contributed by atoms with Gasteiger partial charge in [-0.1, -0.05) is 18.2 Å². The number of hydrogen-bond acceptors (Lipinski definition) is 2. The lowest BCUT2D eigenvalue weighted by Gasteiger charge is -2.33. The summed E-state index contributed by atoms with van der Waals surface area (Å²) in [6.45, 7) is 2.11. The van der Waals surface area contributed by atoms with Crippen LogP contribution in [-0.2, 0) is 0 Å². The van der Waals surface area contributed by atoms with Crippen molar-refractivity contribution in [3.63, 3.8) is 0 Å². The standard InChI is InChI=1S/C14H20FNO/c1-16-8-6-11(7-9-16)13(10-17)12-4-2-3-5-14(12)15/h2-5,11,13,17H,6-10H2,1H3. The van der Waals surface area contributed by atoms with E-state index in [1.807, 2.05) is 6.07 Å². The van der Waals surface area contributed by atoms with Crippen LogP contribution in [0.2, 0.25) is 0 Å². The highest BCUT2D eigenvalue weighted by molar-refractivity contribution is 5.22. The summed E-state index contributed by atoms with van der Waals surface area (Å²) < 4.78 is 13.7. The van der Waals surface area contributed by atoms with Gasteiger partial charge in [0.2, 0.25) is 0 Å². The summed E-state index contributed by atoms with van der Waals surface area (Å²) in [6, 6.07) is 6.82. The van der Waals surface area contributed by atoms with Gasteiger partial charge in [0, 0.05) is 5.92 Å². The molecule has 1 N–H and O–H groups in total. The summed E-state index contributed by atoms with van der Waals surface area (Å²) in [5, 5.41) is 9.54. The second-order valence-corrected chi connectivity index (χ2v) is 4.95. The Kier molecular flexibility index (Phi) is 4.13. The second-order valence-electron chi connectivity index (χ2n) is 4.95. The van der Waals surface area contributed by atoms with Crippen LogP contribution in [0.3, 0.4) is 0 Å². The fourth-order valence-electron chi connectivity index (χ4n) is 2.71. The number of rotatable bonds is 3. The first kappa shape index (κ1) is 12.5. The van der Waals surface area contributed by atoms with Crippen molar-refractivity contribution in [1.29, 1.82) is 0 Å². The molecule has 1 saturated heterocycles. The Morgan fingerprint density at radius 3 is 2.59 bits per heavy atom. The van der Waals surface area contributed by atoms with Crippen molar-refractivity contribution >= 4 is 0 Å². The van der Waals surface area contributed by atoms with Crippen molar-refractivity contribution in [3.8, 4) is 0 Å². The Bertz CT molecular complexity index is 361. The largest absolute Gasteiger partial charge is 0.396 e. The quantitative estimate of drug-likeness (QED) is 0.871. The van der Waals surface area contributed by atoms with Gasteiger partial charge in [0.1, 0.15) is 5.82 Å². The third-order valence-electron chi connectivity index (χ3n) is 3.83. The van der Waals surface area contributed by atoms with Gasteiger partial charge in [-0.15, -0.1) is 0 Å². The molecule has 1 aliphatic heterocycles. The Hall–Kier alpha value is -0.930. The molecule has 0 aromatic heterocycles. The van der Waals surface area contributed by atoms with Gasteiger partial charge in [-0.2, -0.15) is 0 Å². The maximum atomic E-state index is 13.7. The number of halogens is 1. The molecule has 0 spiro atoms. The van der Waals surface area contributed by atoms with Gasteiger partial charge in [0.25, 0.3) is 0 Å². The lowest BCUT2D eigenvalue weighted by Crippen LogP contribution is -2.33. The molecule has 2 nitrogen and oxygen atoms in total. The Morgan fingerprint density at radius 2 is 2.00 bits per heavy atom. The first-order chi connectivity index (χ1) is 8.22. The summed E-state index contributed by atoms with van der Waals surface area (Å²) in [5.41, 5.74) is 0.671. The molecule has 0 aliphatic carbocycles. The van der Waals surface area contributed by atoms with Gasteiger partial charge in [-0.25, -0.2) is 4.39 Å². The minimum atomic E-state index is -0.189. The minimum absolute atomic E-state index is 0.0370. The molecule has 1 atom stereocenters. The summed E-state index contributed by atoms with van der Waals surface area (Å²) in [7, 11) is 2.10. The van der Waals surface area contributed by atoms with Crippen LogP contribution in [0.5, 0.6) is 0 Å². The van der Waals surface area contributed by atoms with E-state index in [1.165, 1.54) is 6.07 Å². The van der Waals surface area contributed by atoms with Crippen molar-refractivity contribution in [2.45, 2.75) is 18.8 Å². The first-order valence-corrected chi connectivity index (χ1v) is 6.26. The fourth-order valence-corrected chi connectivity index (χ4v) is 2.71. The highest BCUT2D eigenvalue weighted by Crippen LogP contribution is 2.33. The van der Waals surface area contributed by atoms with Crippen LogP contribution >= 0.6 is 0 Å². The van der Waals surface area contributed by atoms with E-state index in [-0.39, 0.29) is 18.3 Å². The molecule has 0 bridgehead atoms. The third kappa shape index (κ3) is 2.85. The number of aliphatic hydroxyl groups excluding tert-OH is 1. The Labute approximate surface area is 102 Å². The van der Waals surface area contributed by atoms with Crippen LogP contribution in [0, 0.1) is 11.7 Å². The van der Waals surface area contributed by atoms with E-state index in [9.17, 15) is 9.50 Å². The maximum Gasteiger partial charge on any atom is 0.126 e. The maximum absolute atomic E-state index is 13.7. The minimum Gasteiger partial charge on any atom is -0.396 e. The molecule has 1 aliphatic rings. The van der Waals surface area contributed by atoms with Gasteiger partial charge in [-0.05, 0) is 50.5 Å². The smallest absolute Gasteiger partial charge is 0.126 e. The number of nitrogens with zero attached hydrogens (tertiary/aromatic N) is 1. The van der Waals surface area contributed by atoms with Crippen molar-refractivity contribution in [2.24, 2.45) is 5.92 Å². The van der Waals surface area contributed by atoms with E-state index in [4.69, 9.17) is 0 Å². The molecule has 94 valence electrons. The van der Waals surface area contributed by atoms with Crippen LogP contribution in [0.15, 0.2) is 24.3 Å². The fraction of sp³-hybridized carbons (Fsp3) is 0.571. The molecule has 1 heterocycles. The monoisotopic (exact) mass is 237 g/mol. The average molecular weight is 237 g/mol. The highest BCUT2D eigenvalue weighted by Gasteiger charge is 2.27. The number of aliphatic hydroxyl groups is 1. The molecular formula is C14H20FNO. The third-order valence-corrected chi connectivity index (χ3v) is 3.83. The van der Waals surface area contributed by atoms with Crippen molar-refractivity contribution in [1.82, 2.24) is 4.90 Å². The van der Waals surface area contributed by atoms with Gasteiger partial charge in [-0.3, -0.25) is 0 Å². The van der Waals surface area contributed by atoms with Crippen LogP contribution in [0.25, 0.3) is 0 Å². The first-order valence-electron chi connectivity index (χ1n) is 6.26. The Balaban J connectivity index is 2.14. The van der Waals surface area contributed by atoms with Gasteiger partial charge < -0.3 is 10.0 Å². The Morgan fingerprint density at radius 1 is 1.35 bits per heavy atom. The zero-order chi connectivity index (χ0) is 12.3. The topological polar surface area (TPSA) is 23.5 Å². The highest BCUT2D eigenvalue weighted by atomic mass is 19.1. The molecular weight excluding hydrogens is 217 g/mol. The molecule has 0 saturated carbocycles. The van der Waals surface area contributed by atoms with Crippen LogP contribution in [0.4, 0.5) is 4.39 Å². The van der Waals surface area contributed by atoms with Crippen LogP contribution in [-0.4, -0.2) is 36.8 Å². The van der Waals surface area contributed by atoms with Crippen molar-refractivity contribution in [3.05, 3.63) is 35.6 Å². The van der Waals surface area contributed by atoms with Gasteiger partial charge in [0.05, 0.1) is 6.61 Å². The number of benzene rings is 1. The SMILES string of the molecule is CN1CCC(C(CO)c2ccccc2F)CC1. The van der Waals surface area contributed by atoms with E-state index in [0.29, 0.717) is 11.5 Å². The molecule has 0 amide bonds. The van der Waals surface area contributed by atoms with Crippen molar-refractivity contribution in [2.75, 3.05) is 26.7 Å². The molecule has 3 heteroatoms. The summed E-state index contributed by atoms with van der Waals surface area (Å²) in [4.78, 5) is 2.28. The lowest BCUT2D eigenvalue weighted by molar-refractivity contribution is 0.155. The van der Waals surface area contributed by atoms with Crippen LogP contribution in [0.1, 0.15) is 24.3 Å². The predicted molar refractivity (Wildman–Crippen MR) is 66.4 cm³/mol. The van der Waals surface area contributed by atoms with Crippen molar-refractivity contribution < 1.29 is 9.50 Å². The van der Waals surface area contributed by atoms with E-state index in [0.717, 1.165) is 25.9 Å². The number of likely N-dealkylation sites (tertiary alicyclic amines) is 1. The van der Waals surface area contributed by atoms with E-state index in [1.54, 1.807) is 12.1 Å². The number of piperidine rings is 1. The molecule has 17 heavy (non-hydrogen) atoms. The van der Waals surface area contributed by atoms with Crippen LogP contribution < -0.4 is 0 Å². The zero-order valence-corrected chi connectivity index (χ0v) is 10.3. The van der Waals surface area contributed by atoms with E-state index < -0.39 is 0 Å². The lowest BCUT2D eigenvalue weighted by atomic mass is 9.80. The summed E-state index contributed by atoms with van der Waals surface area (Å²) in [6.07, 6.45) is 2.08. The molecule has 2 rings (SSSR count). The molecule has 1 fully saturated rings. The van der Waals surface area contributed by atoms with Gasteiger partial charge in [0.15, 0.2) is 0 Å². The summed E-state index contributed by atoms with van der Waals surface area (Å²) in [5.74, 6) is 0.156. The van der Waals surface area contributed by atoms with Gasteiger partial charge >= 0.3 is 0 Å². The second kappa shape index (κ2) is 5.61. The normalized spacial score (nSPS) is 20.4. The van der Waals surface area contributed by atoms with E-state index >= 15 is 0 Å². The number of hydrogen-bond donors (Lipinski definition) is 1. The molecule has 1 unspecified atom stereocenters. The summed E-state index contributed by atoms with van der Waals surface area (Å²) >= 11 is 0. The predicted octanol–water partition coefficient (Wildman–Crippen LogP) is 2.24. The molecule has 1 aromatic rings. The average Bonchev–Trinajstić information content (AvgIpc) is 2.35.